The van der Waals surface area contributed by atoms with Crippen LogP contribution < -0.4 is 4.90 Å². The second-order valence-electron chi connectivity index (χ2n) is 12.3. The fourth-order valence-electron chi connectivity index (χ4n) is 6.45. The Morgan fingerprint density at radius 1 is 0.957 bits per heavy atom. The fraction of sp³-hybridized carbons (Fsp3) is 0.500. The van der Waals surface area contributed by atoms with E-state index in [4.69, 9.17) is 34.8 Å². The van der Waals surface area contributed by atoms with Crippen molar-refractivity contribution in [3.05, 3.63) is 75.2 Å². The van der Waals surface area contributed by atoms with Gasteiger partial charge in [-0.15, -0.1) is 0 Å². The van der Waals surface area contributed by atoms with Crippen molar-refractivity contribution in [3.8, 4) is 0 Å². The summed E-state index contributed by atoms with van der Waals surface area (Å²) in [7, 11) is 1.72. The summed E-state index contributed by atoms with van der Waals surface area (Å²) in [5.41, 5.74) is -3.07. The van der Waals surface area contributed by atoms with Gasteiger partial charge in [-0.25, -0.2) is 4.98 Å². The molecule has 1 N–H and O–H groups in total. The van der Waals surface area contributed by atoms with Gasteiger partial charge in [-0.2, -0.15) is 18.3 Å². The lowest BCUT2D eigenvalue weighted by atomic mass is 9.82. The van der Waals surface area contributed by atoms with Gasteiger partial charge in [0.25, 0.3) is 17.4 Å². The van der Waals surface area contributed by atoms with E-state index >= 15 is 0 Å². The molecule has 0 spiro atoms. The van der Waals surface area contributed by atoms with Crippen LogP contribution in [0.25, 0.3) is 0 Å². The molecule has 2 amide bonds. The molecule has 5 rings (SSSR count). The number of piperidine rings is 2. The maximum atomic E-state index is 14.2. The molecule has 1 aromatic heterocycles. The van der Waals surface area contributed by atoms with E-state index in [0.717, 1.165) is 55.1 Å². The number of amides is 2. The Balaban J connectivity index is 1.11. The average molecular weight is 716 g/mol. The molecule has 2 aliphatic heterocycles. The Morgan fingerprint density at radius 2 is 1.57 bits per heavy atom. The predicted molar refractivity (Wildman–Crippen MR) is 174 cm³/mol. The normalized spacial score (nSPS) is 17.9. The third kappa shape index (κ3) is 7.98. The smallest absolute Gasteiger partial charge is 0.371 e. The van der Waals surface area contributed by atoms with Crippen LogP contribution in [0, 0.1) is 11.8 Å². The number of carbonyl (C=O) groups is 2. The van der Waals surface area contributed by atoms with E-state index in [-0.39, 0.29) is 35.0 Å². The predicted octanol–water partition coefficient (Wildman–Crippen LogP) is 6.31. The highest BCUT2D eigenvalue weighted by atomic mass is 35.5. The lowest BCUT2D eigenvalue weighted by Gasteiger charge is -2.40. The van der Waals surface area contributed by atoms with Crippen molar-refractivity contribution in [3.63, 3.8) is 0 Å². The van der Waals surface area contributed by atoms with Crippen LogP contribution in [0.4, 0.5) is 18.9 Å². The number of halogens is 6. The number of anilines is 1. The number of carbonyl (C=O) groups excluding carboxylic acids is 2. The minimum Gasteiger partial charge on any atom is -0.371 e. The molecule has 2 fully saturated rings. The molecule has 254 valence electrons. The summed E-state index contributed by atoms with van der Waals surface area (Å²) in [6, 6.07) is 8.57. The number of hydrogen-bond acceptors (Lipinski definition) is 6. The maximum absolute atomic E-state index is 14.2. The van der Waals surface area contributed by atoms with E-state index in [2.05, 4.69) is 15.0 Å². The summed E-state index contributed by atoms with van der Waals surface area (Å²) < 4.78 is 44.1. The van der Waals surface area contributed by atoms with Crippen molar-refractivity contribution in [2.24, 2.45) is 11.8 Å². The number of aliphatic hydroxyl groups is 1. The number of nitrogens with zero attached hydrogens (tertiary/aromatic N) is 6. The van der Waals surface area contributed by atoms with E-state index < -0.39 is 23.2 Å². The zero-order chi connectivity index (χ0) is 33.9. The van der Waals surface area contributed by atoms with Crippen molar-refractivity contribution in [1.29, 1.82) is 0 Å². The standard InChI is InChI=1S/C32H36Cl3F3N6O3/c1-41(12-13-44-20-39-19-40-44)29(45)27-3-2-26(18-28(27)35)42-8-4-21(5-9-42)14-22-6-10-43(11-7-22)30(46)31(47,32(36,37)38)23-15-24(33)17-25(34)16-23/h2-3,15-22,47H,4-14H2,1H3. The molecular weight excluding hydrogens is 680 g/mol. The van der Waals surface area contributed by atoms with E-state index in [0.29, 0.717) is 42.4 Å². The third-order valence-corrected chi connectivity index (χ3v) is 9.96. The minimum atomic E-state index is -5.27. The summed E-state index contributed by atoms with van der Waals surface area (Å²) in [6.07, 6.45) is 1.66. The molecule has 9 nitrogen and oxygen atoms in total. The van der Waals surface area contributed by atoms with E-state index in [1.807, 2.05) is 12.1 Å². The Bertz CT molecular complexity index is 1540. The quantitative estimate of drug-likeness (QED) is 0.280. The summed E-state index contributed by atoms with van der Waals surface area (Å²) in [6.45, 7) is 2.83. The Hall–Kier alpha value is -3.06. The van der Waals surface area contributed by atoms with Gasteiger partial charge >= 0.3 is 6.18 Å². The molecule has 2 saturated heterocycles. The molecule has 3 heterocycles. The first-order chi connectivity index (χ1) is 22.3. The van der Waals surface area contributed by atoms with Crippen LogP contribution in [-0.2, 0) is 16.9 Å². The zero-order valence-corrected chi connectivity index (χ0v) is 28.0. The van der Waals surface area contributed by atoms with Crippen LogP contribution in [0.5, 0.6) is 0 Å². The van der Waals surface area contributed by atoms with Gasteiger partial charge in [0, 0.05) is 61.1 Å². The largest absolute Gasteiger partial charge is 0.430 e. The number of rotatable bonds is 9. The summed E-state index contributed by atoms with van der Waals surface area (Å²) in [5.74, 6) is -0.893. The zero-order valence-electron chi connectivity index (χ0n) is 25.8. The van der Waals surface area contributed by atoms with Crippen molar-refractivity contribution in [2.75, 3.05) is 44.7 Å². The molecule has 0 saturated carbocycles. The minimum absolute atomic E-state index is 0.109. The van der Waals surface area contributed by atoms with Gasteiger partial charge in [-0.05, 0) is 80.3 Å². The first-order valence-electron chi connectivity index (χ1n) is 15.4. The van der Waals surface area contributed by atoms with Crippen LogP contribution in [0.1, 0.15) is 48.0 Å². The molecule has 0 radical (unpaired) electrons. The van der Waals surface area contributed by atoms with Gasteiger partial charge in [-0.3, -0.25) is 14.3 Å². The first kappa shape index (κ1) is 35.3. The third-order valence-electron chi connectivity index (χ3n) is 9.21. The SMILES string of the molecule is CN(CCn1cncn1)C(=O)c1ccc(N2CCC(CC3CCN(C(=O)C(O)(c4cc(Cl)cc(Cl)c4)C(F)(F)F)CC3)CC2)cc1Cl. The topological polar surface area (TPSA) is 94.8 Å². The monoisotopic (exact) mass is 714 g/mol. The number of aromatic nitrogens is 3. The van der Waals surface area contributed by atoms with Crippen LogP contribution in [0.3, 0.4) is 0 Å². The second-order valence-corrected chi connectivity index (χ2v) is 13.6. The number of likely N-dealkylation sites (N-methyl/N-ethyl adjacent to an activating group) is 1. The highest BCUT2D eigenvalue weighted by Crippen LogP contribution is 2.43. The van der Waals surface area contributed by atoms with Gasteiger partial charge < -0.3 is 19.8 Å². The Morgan fingerprint density at radius 3 is 2.13 bits per heavy atom. The van der Waals surface area contributed by atoms with E-state index in [1.165, 1.54) is 12.4 Å². The molecule has 3 aromatic rings. The molecule has 2 aliphatic rings. The second kappa shape index (κ2) is 14.6. The molecule has 1 atom stereocenters. The molecule has 15 heteroatoms. The molecule has 2 aromatic carbocycles. The molecule has 0 aliphatic carbocycles. The maximum Gasteiger partial charge on any atom is 0.430 e. The molecule has 47 heavy (non-hydrogen) atoms. The lowest BCUT2D eigenvalue weighted by Crippen LogP contribution is -2.57. The number of likely N-dealkylation sites (tertiary alicyclic amines) is 1. The lowest BCUT2D eigenvalue weighted by molar-refractivity contribution is -0.262. The number of benzene rings is 2. The fourth-order valence-corrected chi connectivity index (χ4v) is 7.23. The summed E-state index contributed by atoms with van der Waals surface area (Å²) in [4.78, 5) is 35.0. The highest BCUT2D eigenvalue weighted by Gasteiger charge is 2.62. The molecule has 1 unspecified atom stereocenters. The van der Waals surface area contributed by atoms with Gasteiger partial charge in [0.1, 0.15) is 12.7 Å². The average Bonchev–Trinajstić information content (AvgIpc) is 3.56. The van der Waals surface area contributed by atoms with Crippen LogP contribution in [0.2, 0.25) is 15.1 Å². The molecular formula is C32H36Cl3F3N6O3. The van der Waals surface area contributed by atoms with Crippen molar-refractivity contribution < 1.29 is 27.9 Å². The number of alkyl halides is 3. The summed E-state index contributed by atoms with van der Waals surface area (Å²) >= 11 is 18.4. The number of hydrogen-bond donors (Lipinski definition) is 1. The van der Waals surface area contributed by atoms with Crippen molar-refractivity contribution in [2.45, 2.75) is 50.4 Å². The van der Waals surface area contributed by atoms with Gasteiger partial charge in [0.2, 0.25) is 0 Å². The van der Waals surface area contributed by atoms with Crippen LogP contribution in [-0.4, -0.2) is 87.4 Å². The first-order valence-corrected chi connectivity index (χ1v) is 16.6. The van der Waals surface area contributed by atoms with Gasteiger partial charge in [0.15, 0.2) is 0 Å². The van der Waals surface area contributed by atoms with Crippen molar-refractivity contribution >= 4 is 52.3 Å². The van der Waals surface area contributed by atoms with Crippen LogP contribution >= 0.6 is 34.8 Å². The van der Waals surface area contributed by atoms with Crippen molar-refractivity contribution in [1.82, 2.24) is 24.6 Å². The van der Waals surface area contributed by atoms with Crippen LogP contribution in [0.15, 0.2) is 49.1 Å². The Labute approximate surface area is 286 Å². The highest BCUT2D eigenvalue weighted by molar-refractivity contribution is 6.35. The van der Waals surface area contributed by atoms with E-state index in [1.54, 1.807) is 29.0 Å². The Kier molecular flexibility index (Phi) is 10.9. The summed E-state index contributed by atoms with van der Waals surface area (Å²) in [5, 5.41) is 15.0. The van der Waals surface area contributed by atoms with E-state index in [9.17, 15) is 27.9 Å². The molecule has 0 bridgehead atoms. The van der Waals surface area contributed by atoms with Gasteiger partial charge in [0.05, 0.1) is 17.1 Å². The van der Waals surface area contributed by atoms with Gasteiger partial charge in [-0.1, -0.05) is 34.8 Å².